The fourth-order valence-corrected chi connectivity index (χ4v) is 8.86. The minimum Gasteiger partial charge on any atom is -0.309 e. The second kappa shape index (κ2) is 9.92. The van der Waals surface area contributed by atoms with E-state index in [-0.39, 0.29) is 5.41 Å². The Hall–Kier alpha value is -5.66. The monoisotopic (exact) mass is 599 g/mol. The van der Waals surface area contributed by atoms with E-state index in [4.69, 9.17) is 0 Å². The predicted molar refractivity (Wildman–Crippen MR) is 198 cm³/mol. The van der Waals surface area contributed by atoms with Crippen molar-refractivity contribution in [1.82, 2.24) is 0 Å². The SMILES string of the molecule is CC12C3=C(C=C(c4ccc5ccccc5c4)CC3)N(c3ccc4ccccc4c3-c3ccccc3)c3cccc(c31)-c1ccccc12. The van der Waals surface area contributed by atoms with Crippen LogP contribution in [0.1, 0.15) is 36.5 Å². The topological polar surface area (TPSA) is 3.24 Å². The third-order valence-electron chi connectivity index (χ3n) is 11.0. The van der Waals surface area contributed by atoms with Gasteiger partial charge in [0.1, 0.15) is 0 Å². The van der Waals surface area contributed by atoms with Crippen molar-refractivity contribution in [1.29, 1.82) is 0 Å². The lowest BCUT2D eigenvalue weighted by Crippen LogP contribution is -2.36. The van der Waals surface area contributed by atoms with Crippen LogP contribution in [0.3, 0.4) is 0 Å². The lowest BCUT2D eigenvalue weighted by molar-refractivity contribution is 0.628. The fourth-order valence-electron chi connectivity index (χ4n) is 8.86. The van der Waals surface area contributed by atoms with Crippen molar-refractivity contribution >= 4 is 38.5 Å². The molecule has 0 fully saturated rings. The van der Waals surface area contributed by atoms with E-state index < -0.39 is 0 Å². The fraction of sp³-hybridized carbons (Fsp3) is 0.0870. The van der Waals surface area contributed by atoms with E-state index in [1.165, 1.54) is 88.7 Å². The van der Waals surface area contributed by atoms with Crippen LogP contribution >= 0.6 is 0 Å². The zero-order valence-electron chi connectivity index (χ0n) is 26.4. The molecule has 2 aliphatic carbocycles. The summed E-state index contributed by atoms with van der Waals surface area (Å²) in [5.74, 6) is 0. The second-order valence-electron chi connectivity index (χ2n) is 13.3. The van der Waals surface area contributed by atoms with Crippen LogP contribution in [0.15, 0.2) is 169 Å². The molecule has 222 valence electrons. The van der Waals surface area contributed by atoms with Gasteiger partial charge in [0.25, 0.3) is 0 Å². The van der Waals surface area contributed by atoms with Gasteiger partial charge in [-0.15, -0.1) is 0 Å². The molecule has 0 N–H and O–H groups in total. The van der Waals surface area contributed by atoms with E-state index in [0.29, 0.717) is 0 Å². The van der Waals surface area contributed by atoms with Gasteiger partial charge in [0.2, 0.25) is 0 Å². The Bertz CT molecular complexity index is 2480. The normalized spacial score (nSPS) is 17.8. The molecule has 0 spiro atoms. The van der Waals surface area contributed by atoms with Gasteiger partial charge in [-0.25, -0.2) is 0 Å². The van der Waals surface area contributed by atoms with Crippen LogP contribution in [0.25, 0.3) is 49.4 Å². The highest BCUT2D eigenvalue weighted by molar-refractivity contribution is 6.06. The third-order valence-corrected chi connectivity index (χ3v) is 11.0. The third kappa shape index (κ3) is 3.71. The molecule has 1 nitrogen and oxygen atoms in total. The molecule has 1 heterocycles. The van der Waals surface area contributed by atoms with E-state index >= 15 is 0 Å². The Balaban J connectivity index is 1.30. The Morgan fingerprint density at radius 2 is 1.26 bits per heavy atom. The Morgan fingerprint density at radius 1 is 0.532 bits per heavy atom. The number of hydrogen-bond donors (Lipinski definition) is 0. The van der Waals surface area contributed by atoms with Crippen molar-refractivity contribution in [2.24, 2.45) is 0 Å². The van der Waals surface area contributed by atoms with Crippen LogP contribution < -0.4 is 4.90 Å². The molecule has 0 saturated carbocycles. The molecule has 7 aromatic carbocycles. The molecule has 0 aromatic heterocycles. The lowest BCUT2D eigenvalue weighted by Gasteiger charge is -2.45. The number of anilines is 2. The Morgan fingerprint density at radius 3 is 2.15 bits per heavy atom. The van der Waals surface area contributed by atoms with Crippen LogP contribution in [-0.2, 0) is 5.41 Å². The first kappa shape index (κ1) is 26.5. The standard InChI is InChI=1S/C46H33N/c1-46-39-20-10-9-18-37(39)38-19-11-21-42(45(38)46)47(41-27-25-31-13-7-8-17-36(31)44(41)32-14-3-2-4-15-32)43-29-35(24-26-40(43)46)34-23-22-30-12-5-6-16-33(30)28-34/h2-23,25,27-29H,24,26H2,1H3. The molecule has 47 heavy (non-hydrogen) atoms. The molecule has 1 unspecified atom stereocenters. The summed E-state index contributed by atoms with van der Waals surface area (Å²) >= 11 is 0. The van der Waals surface area contributed by atoms with Gasteiger partial charge in [-0.3, -0.25) is 0 Å². The average molecular weight is 600 g/mol. The summed E-state index contributed by atoms with van der Waals surface area (Å²) < 4.78 is 0. The largest absolute Gasteiger partial charge is 0.309 e. The first-order valence-electron chi connectivity index (χ1n) is 16.7. The van der Waals surface area contributed by atoms with Gasteiger partial charge in [0, 0.05) is 16.7 Å². The van der Waals surface area contributed by atoms with Crippen molar-refractivity contribution in [3.8, 4) is 22.3 Å². The molecule has 1 heteroatoms. The van der Waals surface area contributed by atoms with Crippen molar-refractivity contribution in [2.75, 3.05) is 4.90 Å². The molecular weight excluding hydrogens is 567 g/mol. The van der Waals surface area contributed by atoms with Gasteiger partial charge in [0.05, 0.1) is 11.4 Å². The first-order valence-corrected chi connectivity index (χ1v) is 16.7. The van der Waals surface area contributed by atoms with Crippen LogP contribution in [0.4, 0.5) is 11.4 Å². The molecule has 0 bridgehead atoms. The Labute approximate surface area is 275 Å². The molecule has 1 atom stereocenters. The van der Waals surface area contributed by atoms with Crippen molar-refractivity contribution in [2.45, 2.75) is 25.2 Å². The number of benzene rings is 7. The highest BCUT2D eigenvalue weighted by Crippen LogP contribution is 2.63. The van der Waals surface area contributed by atoms with Crippen molar-refractivity contribution in [3.63, 3.8) is 0 Å². The van der Waals surface area contributed by atoms with Gasteiger partial charge >= 0.3 is 0 Å². The highest BCUT2D eigenvalue weighted by Gasteiger charge is 2.49. The summed E-state index contributed by atoms with van der Waals surface area (Å²) in [6.07, 6.45) is 4.55. The molecule has 7 aromatic rings. The molecule has 10 rings (SSSR count). The maximum Gasteiger partial charge on any atom is 0.0546 e. The van der Waals surface area contributed by atoms with E-state index in [1.54, 1.807) is 0 Å². The van der Waals surface area contributed by atoms with E-state index in [0.717, 1.165) is 12.8 Å². The van der Waals surface area contributed by atoms with Gasteiger partial charge in [-0.05, 0) is 110 Å². The van der Waals surface area contributed by atoms with Gasteiger partial charge < -0.3 is 4.90 Å². The zero-order valence-corrected chi connectivity index (χ0v) is 26.4. The summed E-state index contributed by atoms with van der Waals surface area (Å²) in [4.78, 5) is 2.61. The molecule has 3 aliphatic rings. The molecule has 0 radical (unpaired) electrons. The summed E-state index contributed by atoms with van der Waals surface area (Å²) in [5, 5.41) is 5.11. The number of rotatable bonds is 3. The van der Waals surface area contributed by atoms with Crippen LogP contribution in [0.2, 0.25) is 0 Å². The number of hydrogen-bond acceptors (Lipinski definition) is 1. The Kier molecular flexibility index (Phi) is 5.60. The maximum absolute atomic E-state index is 2.61. The minimum atomic E-state index is -0.191. The minimum absolute atomic E-state index is 0.191. The van der Waals surface area contributed by atoms with Gasteiger partial charge in [-0.2, -0.15) is 0 Å². The maximum atomic E-state index is 2.61. The summed E-state index contributed by atoms with van der Waals surface area (Å²) in [6.45, 7) is 2.49. The van der Waals surface area contributed by atoms with Gasteiger partial charge in [0.15, 0.2) is 0 Å². The van der Waals surface area contributed by atoms with Crippen LogP contribution in [0, 0.1) is 0 Å². The van der Waals surface area contributed by atoms with E-state index in [9.17, 15) is 0 Å². The molecular formula is C46H33N. The summed E-state index contributed by atoms with van der Waals surface area (Å²) in [5.41, 5.74) is 16.0. The van der Waals surface area contributed by atoms with E-state index in [1.807, 2.05) is 0 Å². The van der Waals surface area contributed by atoms with Crippen LogP contribution in [-0.4, -0.2) is 0 Å². The summed E-state index contributed by atoms with van der Waals surface area (Å²) in [6, 6.07) is 56.2. The van der Waals surface area contributed by atoms with Crippen LogP contribution in [0.5, 0.6) is 0 Å². The van der Waals surface area contributed by atoms with Gasteiger partial charge in [-0.1, -0.05) is 133 Å². The molecule has 0 saturated heterocycles. The summed E-state index contributed by atoms with van der Waals surface area (Å²) in [7, 11) is 0. The quantitative estimate of drug-likeness (QED) is 0.195. The highest BCUT2D eigenvalue weighted by atomic mass is 15.2. The lowest BCUT2D eigenvalue weighted by atomic mass is 9.66. The molecule has 1 aliphatic heterocycles. The predicted octanol–water partition coefficient (Wildman–Crippen LogP) is 12.2. The molecule has 0 amide bonds. The average Bonchev–Trinajstić information content (AvgIpc) is 3.41. The number of allylic oxidation sites excluding steroid dienone is 3. The van der Waals surface area contributed by atoms with E-state index in [2.05, 4.69) is 170 Å². The van der Waals surface area contributed by atoms with Crippen molar-refractivity contribution < 1.29 is 0 Å². The first-order chi connectivity index (χ1) is 23.2. The zero-order chi connectivity index (χ0) is 31.1. The number of nitrogens with zero attached hydrogens (tertiary/aromatic N) is 1. The number of fused-ring (bicyclic) bond motifs is 6. The second-order valence-corrected chi connectivity index (χ2v) is 13.3. The smallest absolute Gasteiger partial charge is 0.0546 e. The van der Waals surface area contributed by atoms with Crippen molar-refractivity contribution in [3.05, 3.63) is 186 Å².